The Morgan fingerprint density at radius 2 is 2.11 bits per heavy atom. The third kappa shape index (κ3) is 2.68. The van der Waals surface area contributed by atoms with E-state index < -0.39 is 5.82 Å². The van der Waals surface area contributed by atoms with Gasteiger partial charge in [-0.2, -0.15) is 5.10 Å². The van der Waals surface area contributed by atoms with E-state index in [1.165, 1.54) is 19.1 Å². The largest absolute Gasteiger partial charge is 0.294 e. The van der Waals surface area contributed by atoms with Crippen molar-refractivity contribution in [1.82, 2.24) is 9.78 Å². The van der Waals surface area contributed by atoms with Crippen molar-refractivity contribution in [3.05, 3.63) is 51.6 Å². The van der Waals surface area contributed by atoms with E-state index in [-0.39, 0.29) is 10.8 Å². The summed E-state index contributed by atoms with van der Waals surface area (Å²) in [6.07, 6.45) is 0. The number of benzene rings is 1. The van der Waals surface area contributed by atoms with Crippen LogP contribution in [0.1, 0.15) is 34.2 Å². The van der Waals surface area contributed by atoms with Gasteiger partial charge in [-0.25, -0.2) is 4.39 Å². The monoisotopic (exact) mass is 280 g/mol. The molecule has 1 aromatic carbocycles. The number of ketones is 1. The third-order valence-corrected chi connectivity index (χ3v) is 3.36. The van der Waals surface area contributed by atoms with Crippen molar-refractivity contribution in [1.29, 1.82) is 0 Å². The Morgan fingerprint density at radius 1 is 1.42 bits per heavy atom. The number of nitrogens with zero attached hydrogens (tertiary/aromatic N) is 2. The smallest absolute Gasteiger partial charge is 0.163 e. The standard InChI is InChI=1S/C14H14ClFN2O/c1-8-14(10(3)19)9(2)18(17-8)7-11-4-5-12(15)13(16)6-11/h4-6H,7H2,1-3H3. The summed E-state index contributed by atoms with van der Waals surface area (Å²) in [6, 6.07) is 4.64. The van der Waals surface area contributed by atoms with E-state index in [1.54, 1.807) is 17.7 Å². The van der Waals surface area contributed by atoms with E-state index >= 15 is 0 Å². The maximum Gasteiger partial charge on any atom is 0.163 e. The molecule has 0 bridgehead atoms. The summed E-state index contributed by atoms with van der Waals surface area (Å²) in [6.45, 7) is 5.56. The van der Waals surface area contributed by atoms with E-state index in [0.717, 1.165) is 11.3 Å². The molecule has 1 aromatic heterocycles. The van der Waals surface area contributed by atoms with Crippen LogP contribution in [0.15, 0.2) is 18.2 Å². The van der Waals surface area contributed by atoms with Crippen molar-refractivity contribution in [2.24, 2.45) is 0 Å². The van der Waals surface area contributed by atoms with Gasteiger partial charge >= 0.3 is 0 Å². The fourth-order valence-corrected chi connectivity index (χ4v) is 2.29. The highest BCUT2D eigenvalue weighted by atomic mass is 35.5. The predicted octanol–water partition coefficient (Wildman–Crippen LogP) is 3.54. The Labute approximate surface area is 116 Å². The molecule has 2 rings (SSSR count). The molecule has 0 spiro atoms. The molecular formula is C14H14ClFN2O. The van der Waals surface area contributed by atoms with Crippen LogP contribution in [0.5, 0.6) is 0 Å². The van der Waals surface area contributed by atoms with Crippen molar-refractivity contribution in [2.75, 3.05) is 0 Å². The first-order valence-electron chi connectivity index (χ1n) is 5.89. The number of hydrogen-bond acceptors (Lipinski definition) is 2. The minimum atomic E-state index is -0.451. The lowest BCUT2D eigenvalue weighted by atomic mass is 10.1. The van der Waals surface area contributed by atoms with Crippen LogP contribution >= 0.6 is 11.6 Å². The molecule has 0 unspecified atom stereocenters. The number of rotatable bonds is 3. The van der Waals surface area contributed by atoms with Crippen LogP contribution in [0.3, 0.4) is 0 Å². The second-order valence-corrected chi connectivity index (χ2v) is 4.92. The second-order valence-electron chi connectivity index (χ2n) is 4.51. The highest BCUT2D eigenvalue weighted by molar-refractivity contribution is 6.30. The maximum atomic E-state index is 13.4. The zero-order chi connectivity index (χ0) is 14.2. The average Bonchev–Trinajstić information content (AvgIpc) is 2.59. The molecule has 0 aliphatic carbocycles. The Hall–Kier alpha value is -1.68. The van der Waals surface area contributed by atoms with Crippen molar-refractivity contribution < 1.29 is 9.18 Å². The predicted molar refractivity (Wildman–Crippen MR) is 72.2 cm³/mol. The molecule has 0 radical (unpaired) electrons. The van der Waals surface area contributed by atoms with Crippen LogP contribution in [0.2, 0.25) is 5.02 Å². The minimum absolute atomic E-state index is 0.0106. The summed E-state index contributed by atoms with van der Waals surface area (Å²) < 4.78 is 15.1. The van der Waals surface area contributed by atoms with Crippen molar-refractivity contribution in [2.45, 2.75) is 27.3 Å². The molecule has 100 valence electrons. The van der Waals surface area contributed by atoms with Crippen LogP contribution in [0.25, 0.3) is 0 Å². The summed E-state index contributed by atoms with van der Waals surface area (Å²) in [7, 11) is 0. The van der Waals surface area contributed by atoms with Crippen molar-refractivity contribution in [3.63, 3.8) is 0 Å². The summed E-state index contributed by atoms with van der Waals surface area (Å²) >= 11 is 5.64. The lowest BCUT2D eigenvalue weighted by Crippen LogP contribution is -2.05. The Kier molecular flexibility index (Phi) is 3.71. The normalized spacial score (nSPS) is 10.8. The zero-order valence-corrected chi connectivity index (χ0v) is 11.8. The fraction of sp³-hybridized carbons (Fsp3) is 0.286. The number of aromatic nitrogens is 2. The van der Waals surface area contributed by atoms with Crippen LogP contribution < -0.4 is 0 Å². The van der Waals surface area contributed by atoms with Crippen LogP contribution in [0, 0.1) is 19.7 Å². The minimum Gasteiger partial charge on any atom is -0.294 e. The molecule has 19 heavy (non-hydrogen) atoms. The Morgan fingerprint density at radius 3 is 2.63 bits per heavy atom. The third-order valence-electron chi connectivity index (χ3n) is 3.05. The first kappa shape index (κ1) is 13.7. The van der Waals surface area contributed by atoms with E-state index in [4.69, 9.17) is 11.6 Å². The second kappa shape index (κ2) is 5.13. The highest BCUT2D eigenvalue weighted by Gasteiger charge is 2.15. The maximum absolute atomic E-state index is 13.4. The SMILES string of the molecule is CC(=O)c1c(C)nn(Cc2ccc(Cl)c(F)c2)c1C. The number of Topliss-reactive ketones (excluding diaryl/α,β-unsaturated/α-hetero) is 1. The van der Waals surface area contributed by atoms with Crippen molar-refractivity contribution in [3.8, 4) is 0 Å². The lowest BCUT2D eigenvalue weighted by Gasteiger charge is -2.06. The number of carbonyl (C=O) groups is 1. The van der Waals surface area contributed by atoms with Gasteiger partial charge in [0.15, 0.2) is 5.78 Å². The summed E-state index contributed by atoms with van der Waals surface area (Å²) in [5.41, 5.74) is 2.87. The van der Waals surface area contributed by atoms with Gasteiger partial charge in [-0.15, -0.1) is 0 Å². The molecule has 5 heteroatoms. The van der Waals surface area contributed by atoms with Crippen LogP contribution in [-0.2, 0) is 6.54 Å². The van der Waals surface area contributed by atoms with E-state index in [1.807, 2.05) is 6.92 Å². The molecule has 0 saturated carbocycles. The molecule has 0 saturated heterocycles. The van der Waals surface area contributed by atoms with Gasteiger partial charge in [0.2, 0.25) is 0 Å². The van der Waals surface area contributed by atoms with Gasteiger partial charge in [-0.3, -0.25) is 9.48 Å². The van der Waals surface area contributed by atoms with Gasteiger partial charge in [0.1, 0.15) is 5.82 Å². The molecule has 2 aromatic rings. The van der Waals surface area contributed by atoms with Gasteiger partial charge < -0.3 is 0 Å². The molecule has 0 N–H and O–H groups in total. The highest BCUT2D eigenvalue weighted by Crippen LogP contribution is 2.18. The van der Waals surface area contributed by atoms with Crippen molar-refractivity contribution >= 4 is 17.4 Å². The van der Waals surface area contributed by atoms with Crippen LogP contribution in [0.4, 0.5) is 4.39 Å². The van der Waals surface area contributed by atoms with E-state index in [9.17, 15) is 9.18 Å². The molecule has 3 nitrogen and oxygen atoms in total. The first-order chi connectivity index (χ1) is 8.90. The number of hydrogen-bond donors (Lipinski definition) is 0. The van der Waals surface area contributed by atoms with Crippen LogP contribution in [-0.4, -0.2) is 15.6 Å². The lowest BCUT2D eigenvalue weighted by molar-refractivity contribution is 0.101. The summed E-state index contributed by atoms with van der Waals surface area (Å²) in [5.74, 6) is -0.462. The molecule has 0 aliphatic heterocycles. The number of halogens is 2. The number of carbonyl (C=O) groups excluding carboxylic acids is 1. The van der Waals surface area contributed by atoms with Gasteiger partial charge in [-0.1, -0.05) is 17.7 Å². The topological polar surface area (TPSA) is 34.9 Å². The van der Waals surface area contributed by atoms with Gasteiger partial charge in [0.25, 0.3) is 0 Å². The molecule has 0 aliphatic rings. The Bertz CT molecular complexity index is 649. The molecule has 0 amide bonds. The zero-order valence-electron chi connectivity index (χ0n) is 11.0. The molecule has 0 atom stereocenters. The quantitative estimate of drug-likeness (QED) is 0.806. The average molecular weight is 281 g/mol. The fourth-order valence-electron chi connectivity index (χ4n) is 2.17. The van der Waals surface area contributed by atoms with E-state index in [0.29, 0.717) is 17.8 Å². The summed E-state index contributed by atoms with van der Waals surface area (Å²) in [5, 5.41) is 4.42. The first-order valence-corrected chi connectivity index (χ1v) is 6.27. The van der Waals surface area contributed by atoms with Gasteiger partial charge in [0.05, 0.1) is 22.8 Å². The summed E-state index contributed by atoms with van der Waals surface area (Å²) in [4.78, 5) is 11.5. The Balaban J connectivity index is 2.36. The van der Waals surface area contributed by atoms with Gasteiger partial charge in [-0.05, 0) is 38.5 Å². The number of aryl methyl sites for hydroxylation is 1. The van der Waals surface area contributed by atoms with Gasteiger partial charge in [0, 0.05) is 5.69 Å². The molecular weight excluding hydrogens is 267 g/mol. The molecule has 1 heterocycles. The van der Waals surface area contributed by atoms with E-state index in [2.05, 4.69) is 5.10 Å². The molecule has 0 fully saturated rings.